The van der Waals surface area contributed by atoms with Crippen LogP contribution in [-0.2, 0) is 6.54 Å². The van der Waals surface area contributed by atoms with Crippen molar-refractivity contribution in [2.45, 2.75) is 19.4 Å². The third-order valence-corrected chi connectivity index (χ3v) is 3.46. The lowest BCUT2D eigenvalue weighted by Crippen LogP contribution is -2.19. The topological polar surface area (TPSA) is 81.2 Å². The molecule has 0 aliphatic rings. The van der Waals surface area contributed by atoms with Crippen LogP contribution >= 0.6 is 11.3 Å². The molecule has 1 unspecified atom stereocenters. The molecular formula is C11H13N3O3S. The van der Waals surface area contributed by atoms with Crippen molar-refractivity contribution in [3.05, 3.63) is 44.6 Å². The first-order chi connectivity index (χ1) is 8.66. The van der Waals surface area contributed by atoms with Crippen molar-refractivity contribution >= 4 is 17.2 Å². The van der Waals surface area contributed by atoms with Crippen LogP contribution in [0.2, 0.25) is 0 Å². The van der Waals surface area contributed by atoms with Crippen LogP contribution < -0.4 is 5.32 Å². The molecule has 7 heteroatoms. The van der Waals surface area contributed by atoms with Gasteiger partial charge in [-0.3, -0.25) is 10.1 Å². The third kappa shape index (κ3) is 3.14. The number of furan rings is 1. The Morgan fingerprint density at radius 2 is 2.44 bits per heavy atom. The van der Waals surface area contributed by atoms with E-state index in [0.29, 0.717) is 18.2 Å². The highest BCUT2D eigenvalue weighted by Gasteiger charge is 2.12. The molecule has 1 N–H and O–H groups in total. The van der Waals surface area contributed by atoms with E-state index in [0.717, 1.165) is 11.6 Å². The molecule has 1 atom stereocenters. The molecule has 0 spiro atoms. The zero-order chi connectivity index (χ0) is 13.0. The summed E-state index contributed by atoms with van der Waals surface area (Å²) in [6.45, 7) is 3.31. The van der Waals surface area contributed by atoms with Crippen LogP contribution in [0.25, 0.3) is 0 Å². The molecule has 18 heavy (non-hydrogen) atoms. The quantitative estimate of drug-likeness (QED) is 0.642. The Balaban J connectivity index is 1.79. The van der Waals surface area contributed by atoms with Crippen molar-refractivity contribution in [2.24, 2.45) is 0 Å². The van der Waals surface area contributed by atoms with Crippen LogP contribution in [-0.4, -0.2) is 16.5 Å². The van der Waals surface area contributed by atoms with E-state index < -0.39 is 4.92 Å². The summed E-state index contributed by atoms with van der Waals surface area (Å²) in [6.07, 6.45) is 1.78. The second-order valence-corrected chi connectivity index (χ2v) is 4.83. The van der Waals surface area contributed by atoms with E-state index in [1.807, 2.05) is 5.38 Å². The summed E-state index contributed by atoms with van der Waals surface area (Å²) in [5.74, 6) is 0.655. The Labute approximate surface area is 108 Å². The van der Waals surface area contributed by atoms with Gasteiger partial charge in [0.15, 0.2) is 0 Å². The van der Waals surface area contributed by atoms with Gasteiger partial charge in [0.05, 0.1) is 17.6 Å². The maximum atomic E-state index is 10.4. The molecule has 2 heterocycles. The zero-order valence-electron chi connectivity index (χ0n) is 9.83. The van der Waals surface area contributed by atoms with Crippen molar-refractivity contribution in [1.82, 2.24) is 10.3 Å². The van der Waals surface area contributed by atoms with Crippen molar-refractivity contribution in [2.75, 3.05) is 6.54 Å². The van der Waals surface area contributed by atoms with Crippen molar-refractivity contribution in [3.63, 3.8) is 0 Å². The van der Waals surface area contributed by atoms with Crippen LogP contribution in [0.4, 0.5) is 5.88 Å². The highest BCUT2D eigenvalue weighted by molar-refractivity contribution is 7.09. The maximum absolute atomic E-state index is 10.4. The first kappa shape index (κ1) is 12.7. The largest absolute Gasteiger partial charge is 0.433 e. The normalized spacial score (nSPS) is 12.5. The molecule has 0 saturated carbocycles. The molecule has 2 rings (SSSR count). The van der Waals surface area contributed by atoms with Gasteiger partial charge in [-0.15, -0.1) is 11.3 Å². The third-order valence-electron chi connectivity index (χ3n) is 2.45. The second-order valence-electron chi connectivity index (χ2n) is 3.90. The van der Waals surface area contributed by atoms with E-state index in [-0.39, 0.29) is 5.88 Å². The number of rotatable bonds is 6. The monoisotopic (exact) mass is 267 g/mol. The summed E-state index contributed by atoms with van der Waals surface area (Å²) < 4.78 is 5.04. The number of nitro groups is 1. The van der Waals surface area contributed by atoms with Crippen LogP contribution in [0, 0.1) is 10.1 Å². The minimum absolute atomic E-state index is 0.222. The summed E-state index contributed by atoms with van der Waals surface area (Å²) in [4.78, 5) is 14.1. The molecule has 0 fully saturated rings. The van der Waals surface area contributed by atoms with Crippen LogP contribution in [0.3, 0.4) is 0 Å². The van der Waals surface area contributed by atoms with E-state index in [2.05, 4.69) is 17.2 Å². The lowest BCUT2D eigenvalue weighted by Gasteiger charge is -2.08. The molecule has 6 nitrogen and oxygen atoms in total. The highest BCUT2D eigenvalue weighted by Crippen LogP contribution is 2.18. The number of hydrogen-bond acceptors (Lipinski definition) is 6. The number of hydrogen-bond donors (Lipinski definition) is 1. The molecule has 2 aromatic heterocycles. The molecule has 2 aromatic rings. The summed E-state index contributed by atoms with van der Waals surface area (Å²) >= 11 is 1.62. The van der Waals surface area contributed by atoms with E-state index in [4.69, 9.17) is 4.42 Å². The van der Waals surface area contributed by atoms with E-state index in [1.54, 1.807) is 23.6 Å². The van der Waals surface area contributed by atoms with Gasteiger partial charge in [0, 0.05) is 24.0 Å². The molecule has 96 valence electrons. The predicted molar refractivity (Wildman–Crippen MR) is 67.6 cm³/mol. The van der Waals surface area contributed by atoms with E-state index in [1.165, 1.54) is 6.07 Å². The molecule has 0 radical (unpaired) electrons. The average Bonchev–Trinajstić information content (AvgIpc) is 3.00. The van der Waals surface area contributed by atoms with Gasteiger partial charge in [0.2, 0.25) is 0 Å². The highest BCUT2D eigenvalue weighted by atomic mass is 32.1. The Bertz CT molecular complexity index is 509. The molecule has 0 amide bonds. The lowest BCUT2D eigenvalue weighted by molar-refractivity contribution is -0.402. The first-order valence-corrected chi connectivity index (χ1v) is 6.38. The van der Waals surface area contributed by atoms with Crippen molar-refractivity contribution < 1.29 is 9.34 Å². The van der Waals surface area contributed by atoms with E-state index in [9.17, 15) is 10.1 Å². The SMILES string of the molecule is CC(CNCc1ccc([N+](=O)[O-])o1)c1nccs1. The second kappa shape index (κ2) is 5.74. The van der Waals surface area contributed by atoms with Gasteiger partial charge in [-0.1, -0.05) is 6.92 Å². The molecule has 0 aliphatic heterocycles. The lowest BCUT2D eigenvalue weighted by atomic mass is 10.2. The Morgan fingerprint density at radius 3 is 3.06 bits per heavy atom. The first-order valence-electron chi connectivity index (χ1n) is 5.50. The summed E-state index contributed by atoms with van der Waals surface area (Å²) in [6, 6.07) is 2.97. The number of nitrogens with one attached hydrogen (secondary N) is 1. The van der Waals surface area contributed by atoms with Gasteiger partial charge in [-0.25, -0.2) is 4.98 Å². The summed E-state index contributed by atoms with van der Waals surface area (Å²) in [7, 11) is 0. The molecule has 0 aromatic carbocycles. The predicted octanol–water partition coefficient (Wildman–Crippen LogP) is 2.54. The summed E-state index contributed by atoms with van der Waals surface area (Å²) in [5, 5.41) is 16.7. The van der Waals surface area contributed by atoms with Crippen molar-refractivity contribution in [3.8, 4) is 0 Å². The molecule has 0 bridgehead atoms. The minimum Gasteiger partial charge on any atom is -0.404 e. The van der Waals surface area contributed by atoms with Gasteiger partial charge >= 0.3 is 5.88 Å². The molecular weight excluding hydrogens is 254 g/mol. The van der Waals surface area contributed by atoms with E-state index >= 15 is 0 Å². The smallest absolute Gasteiger partial charge is 0.404 e. The van der Waals surface area contributed by atoms with Gasteiger partial charge in [-0.2, -0.15) is 0 Å². The zero-order valence-corrected chi connectivity index (χ0v) is 10.6. The Morgan fingerprint density at radius 1 is 1.61 bits per heavy atom. The Kier molecular flexibility index (Phi) is 4.06. The minimum atomic E-state index is -0.540. The maximum Gasteiger partial charge on any atom is 0.433 e. The molecule has 0 aliphatic carbocycles. The van der Waals surface area contributed by atoms with Crippen LogP contribution in [0.5, 0.6) is 0 Å². The number of aromatic nitrogens is 1. The number of thiazole rings is 1. The fraction of sp³-hybridized carbons (Fsp3) is 0.364. The average molecular weight is 267 g/mol. The van der Waals surface area contributed by atoms with Gasteiger partial charge < -0.3 is 9.73 Å². The summed E-state index contributed by atoms with van der Waals surface area (Å²) in [5.41, 5.74) is 0. The Hall–Kier alpha value is -1.73. The number of nitrogens with zero attached hydrogens (tertiary/aromatic N) is 2. The van der Waals surface area contributed by atoms with Crippen LogP contribution in [0.1, 0.15) is 23.6 Å². The standard InChI is InChI=1S/C11H13N3O3S/c1-8(11-13-4-5-18-11)6-12-7-9-2-3-10(17-9)14(15)16/h2-5,8,12H,6-7H2,1H3. The van der Waals surface area contributed by atoms with Gasteiger partial charge in [0.1, 0.15) is 10.7 Å². The van der Waals surface area contributed by atoms with Crippen molar-refractivity contribution in [1.29, 1.82) is 0 Å². The molecule has 0 saturated heterocycles. The van der Waals surface area contributed by atoms with Gasteiger partial charge in [0.25, 0.3) is 0 Å². The van der Waals surface area contributed by atoms with Crippen LogP contribution in [0.15, 0.2) is 28.1 Å². The fourth-order valence-corrected chi connectivity index (χ4v) is 2.24. The van der Waals surface area contributed by atoms with Gasteiger partial charge in [-0.05, 0) is 6.07 Å². The fourth-order valence-electron chi connectivity index (χ4n) is 1.54.